The molecule has 2 aromatic carbocycles. The number of hydrazone groups is 1. The van der Waals surface area contributed by atoms with Crippen molar-refractivity contribution >= 4 is 11.6 Å². The zero-order valence-corrected chi connectivity index (χ0v) is 17.1. The maximum absolute atomic E-state index is 13.2. The predicted molar refractivity (Wildman–Crippen MR) is 114 cm³/mol. The van der Waals surface area contributed by atoms with Crippen LogP contribution in [0.1, 0.15) is 53.1 Å². The van der Waals surface area contributed by atoms with E-state index in [-0.39, 0.29) is 11.9 Å². The lowest BCUT2D eigenvalue weighted by Gasteiger charge is -2.24. The molecule has 4 heteroatoms. The quantitative estimate of drug-likeness (QED) is 0.795. The lowest BCUT2D eigenvalue weighted by atomic mass is 9.94. The van der Waals surface area contributed by atoms with Gasteiger partial charge in [0.2, 0.25) is 0 Å². The highest BCUT2D eigenvalue weighted by Crippen LogP contribution is 2.34. The third kappa shape index (κ3) is 3.88. The van der Waals surface area contributed by atoms with Gasteiger partial charge in [-0.25, -0.2) is 5.01 Å². The topological polar surface area (TPSA) is 35.9 Å². The van der Waals surface area contributed by atoms with Crippen molar-refractivity contribution in [3.63, 3.8) is 0 Å². The summed E-state index contributed by atoms with van der Waals surface area (Å²) in [5.41, 5.74) is 6.99. The summed E-state index contributed by atoms with van der Waals surface area (Å²) >= 11 is 0. The molecule has 0 saturated carbocycles. The monoisotopic (exact) mass is 375 g/mol. The van der Waals surface area contributed by atoms with Gasteiger partial charge in [0.05, 0.1) is 18.3 Å². The molecule has 0 bridgehead atoms. The van der Waals surface area contributed by atoms with Crippen LogP contribution in [0.2, 0.25) is 0 Å². The van der Waals surface area contributed by atoms with Crippen LogP contribution in [0.5, 0.6) is 0 Å². The van der Waals surface area contributed by atoms with Gasteiger partial charge in [0.15, 0.2) is 0 Å². The van der Waals surface area contributed by atoms with Crippen molar-refractivity contribution in [2.24, 2.45) is 5.10 Å². The Bertz CT molecular complexity index is 895. The number of rotatable bonds is 4. The molecule has 1 amide bonds. The minimum atomic E-state index is -0.0226. The number of amides is 1. The highest BCUT2D eigenvalue weighted by Gasteiger charge is 2.34. The number of carbonyl (C=O) groups excluding carboxylic acids is 1. The molecule has 0 aromatic heterocycles. The number of nitrogens with zero attached hydrogens (tertiary/aromatic N) is 3. The molecule has 0 radical (unpaired) electrons. The van der Waals surface area contributed by atoms with E-state index in [0.29, 0.717) is 6.54 Å². The van der Waals surface area contributed by atoms with Gasteiger partial charge in [-0.15, -0.1) is 0 Å². The van der Waals surface area contributed by atoms with E-state index in [0.717, 1.165) is 36.3 Å². The molecule has 0 N–H and O–H groups in total. The van der Waals surface area contributed by atoms with E-state index in [1.165, 1.54) is 29.5 Å². The van der Waals surface area contributed by atoms with Gasteiger partial charge in [0, 0.05) is 12.0 Å². The normalized spacial score (nSPS) is 19.9. The summed E-state index contributed by atoms with van der Waals surface area (Å²) in [6.07, 6.45) is 3.14. The summed E-state index contributed by atoms with van der Waals surface area (Å²) in [7, 11) is 0. The average Bonchev–Trinajstić information content (AvgIpc) is 3.34. The van der Waals surface area contributed by atoms with E-state index in [9.17, 15) is 4.79 Å². The molecular weight excluding hydrogens is 346 g/mol. The standard InChI is InChI=1S/C24H29N3O/c1-17-7-10-20(11-8-17)23-15-22(21-14-18(2)6-9-19(21)3)25-27(23)24(28)16-26-12-4-5-13-26/h6-11,14,23H,4-5,12-13,15-16H2,1-3H3/t23-/m1/s1. The van der Waals surface area contributed by atoms with Gasteiger partial charge >= 0.3 is 0 Å². The van der Waals surface area contributed by atoms with Crippen LogP contribution in [-0.4, -0.2) is 41.2 Å². The van der Waals surface area contributed by atoms with Crippen molar-refractivity contribution in [3.05, 3.63) is 70.3 Å². The van der Waals surface area contributed by atoms with Crippen molar-refractivity contribution in [1.29, 1.82) is 0 Å². The Labute approximate surface area is 167 Å². The molecule has 0 unspecified atom stereocenters. The minimum absolute atomic E-state index is 0.0226. The number of aryl methyl sites for hydroxylation is 3. The maximum Gasteiger partial charge on any atom is 0.257 e. The van der Waals surface area contributed by atoms with Gasteiger partial charge in [-0.05, 0) is 63.9 Å². The van der Waals surface area contributed by atoms with Crippen LogP contribution in [0.4, 0.5) is 0 Å². The molecule has 4 nitrogen and oxygen atoms in total. The van der Waals surface area contributed by atoms with Gasteiger partial charge in [-0.2, -0.15) is 5.10 Å². The molecule has 4 rings (SSSR count). The van der Waals surface area contributed by atoms with Crippen LogP contribution in [0, 0.1) is 20.8 Å². The van der Waals surface area contributed by atoms with Gasteiger partial charge in [-0.1, -0.05) is 47.5 Å². The zero-order valence-electron chi connectivity index (χ0n) is 17.1. The van der Waals surface area contributed by atoms with E-state index < -0.39 is 0 Å². The Morgan fingerprint density at radius 2 is 1.68 bits per heavy atom. The molecule has 1 fully saturated rings. The van der Waals surface area contributed by atoms with Crippen molar-refractivity contribution in [2.45, 2.75) is 46.1 Å². The van der Waals surface area contributed by atoms with Crippen LogP contribution in [0.3, 0.4) is 0 Å². The first-order valence-electron chi connectivity index (χ1n) is 10.3. The van der Waals surface area contributed by atoms with Crippen LogP contribution in [0.25, 0.3) is 0 Å². The number of hydrogen-bond donors (Lipinski definition) is 0. The second-order valence-corrected chi connectivity index (χ2v) is 8.22. The van der Waals surface area contributed by atoms with Crippen LogP contribution in [-0.2, 0) is 4.79 Å². The maximum atomic E-state index is 13.2. The first-order chi connectivity index (χ1) is 13.5. The first-order valence-corrected chi connectivity index (χ1v) is 10.3. The molecule has 1 atom stereocenters. The summed E-state index contributed by atoms with van der Waals surface area (Å²) in [4.78, 5) is 15.4. The molecule has 2 aliphatic heterocycles. The Morgan fingerprint density at radius 3 is 2.39 bits per heavy atom. The van der Waals surface area contributed by atoms with Crippen molar-refractivity contribution in [3.8, 4) is 0 Å². The van der Waals surface area contributed by atoms with Crippen molar-refractivity contribution in [2.75, 3.05) is 19.6 Å². The van der Waals surface area contributed by atoms with Crippen LogP contribution >= 0.6 is 0 Å². The Morgan fingerprint density at radius 1 is 1.00 bits per heavy atom. The van der Waals surface area contributed by atoms with Gasteiger partial charge in [-0.3, -0.25) is 9.69 Å². The molecular formula is C24H29N3O. The fraction of sp³-hybridized carbons (Fsp3) is 0.417. The third-order valence-electron chi connectivity index (χ3n) is 5.89. The fourth-order valence-corrected chi connectivity index (χ4v) is 4.20. The second kappa shape index (κ2) is 7.88. The van der Waals surface area contributed by atoms with Crippen LogP contribution in [0.15, 0.2) is 47.6 Å². The number of benzene rings is 2. The SMILES string of the molecule is Cc1ccc([C@H]2CC(c3cc(C)ccc3C)=NN2C(=O)CN2CCCC2)cc1. The van der Waals surface area contributed by atoms with Gasteiger partial charge < -0.3 is 0 Å². The van der Waals surface area contributed by atoms with E-state index in [4.69, 9.17) is 5.10 Å². The van der Waals surface area contributed by atoms with Crippen molar-refractivity contribution < 1.29 is 4.79 Å². The van der Waals surface area contributed by atoms with E-state index in [2.05, 4.69) is 68.1 Å². The fourth-order valence-electron chi connectivity index (χ4n) is 4.20. The number of hydrogen-bond acceptors (Lipinski definition) is 3. The summed E-state index contributed by atoms with van der Waals surface area (Å²) in [6, 6.07) is 14.9. The molecule has 0 spiro atoms. The highest BCUT2D eigenvalue weighted by atomic mass is 16.2. The molecule has 146 valence electrons. The molecule has 1 saturated heterocycles. The number of likely N-dealkylation sites (tertiary alicyclic amines) is 1. The Balaban J connectivity index is 1.66. The molecule has 2 aromatic rings. The minimum Gasteiger partial charge on any atom is -0.294 e. The molecule has 0 aliphatic carbocycles. The summed E-state index contributed by atoms with van der Waals surface area (Å²) < 4.78 is 0. The highest BCUT2D eigenvalue weighted by molar-refractivity contribution is 6.04. The molecule has 2 aliphatic rings. The second-order valence-electron chi connectivity index (χ2n) is 8.22. The third-order valence-corrected chi connectivity index (χ3v) is 5.89. The van der Waals surface area contributed by atoms with Crippen LogP contribution < -0.4 is 0 Å². The lowest BCUT2D eigenvalue weighted by molar-refractivity contribution is -0.134. The molecule has 2 heterocycles. The Kier molecular flexibility index (Phi) is 5.31. The smallest absolute Gasteiger partial charge is 0.257 e. The van der Waals surface area contributed by atoms with E-state index in [1.54, 1.807) is 5.01 Å². The van der Waals surface area contributed by atoms with Crippen molar-refractivity contribution in [1.82, 2.24) is 9.91 Å². The lowest BCUT2D eigenvalue weighted by Crippen LogP contribution is -2.36. The van der Waals surface area contributed by atoms with Gasteiger partial charge in [0.1, 0.15) is 0 Å². The van der Waals surface area contributed by atoms with E-state index in [1.807, 2.05) is 0 Å². The molecule has 28 heavy (non-hydrogen) atoms. The predicted octanol–water partition coefficient (Wildman–Crippen LogP) is 4.39. The van der Waals surface area contributed by atoms with E-state index >= 15 is 0 Å². The number of carbonyl (C=O) groups is 1. The largest absolute Gasteiger partial charge is 0.294 e. The summed E-state index contributed by atoms with van der Waals surface area (Å²) in [5, 5.41) is 6.61. The average molecular weight is 376 g/mol. The first kappa shape index (κ1) is 18.9. The summed E-state index contributed by atoms with van der Waals surface area (Å²) in [5.74, 6) is 0.104. The summed E-state index contributed by atoms with van der Waals surface area (Å²) in [6.45, 7) is 8.81. The Hall–Kier alpha value is -2.46. The zero-order chi connectivity index (χ0) is 19.7. The van der Waals surface area contributed by atoms with Gasteiger partial charge in [0.25, 0.3) is 5.91 Å².